The number of rotatable bonds is 10. The van der Waals surface area contributed by atoms with E-state index >= 15 is 0 Å². The maximum atomic E-state index is 13.9. The number of aromatic nitrogens is 2. The fraction of sp³-hybridized carbons (Fsp3) is 0.417. The summed E-state index contributed by atoms with van der Waals surface area (Å²) in [4.78, 5) is 19.7. The van der Waals surface area contributed by atoms with Gasteiger partial charge in [0.1, 0.15) is 23.9 Å². The van der Waals surface area contributed by atoms with E-state index in [9.17, 15) is 13.6 Å². The summed E-state index contributed by atoms with van der Waals surface area (Å²) in [5.41, 5.74) is 1.24. The summed E-state index contributed by atoms with van der Waals surface area (Å²) < 4.78 is 35.2. The zero-order chi connectivity index (χ0) is 23.3. The van der Waals surface area contributed by atoms with Crippen LogP contribution in [0.3, 0.4) is 0 Å². The number of ether oxygens (including phenoxy) is 1. The molecule has 0 bridgehead atoms. The highest BCUT2D eigenvalue weighted by atomic mass is 19.1. The molecule has 1 aromatic carbocycles. The molecule has 1 N–H and O–H groups in total. The molecule has 0 fully saturated rings. The lowest BCUT2D eigenvalue weighted by Crippen LogP contribution is -2.42. The predicted octanol–water partition coefficient (Wildman–Crippen LogP) is 4.35. The summed E-state index contributed by atoms with van der Waals surface area (Å²) in [6.45, 7) is 4.34. The number of imidazole rings is 1. The van der Waals surface area contributed by atoms with Crippen molar-refractivity contribution in [1.29, 1.82) is 0 Å². The van der Waals surface area contributed by atoms with Crippen LogP contribution in [0.25, 0.3) is 5.65 Å². The average Bonchev–Trinajstić information content (AvgIpc) is 3.07. The lowest BCUT2D eigenvalue weighted by Gasteiger charge is -2.22. The quantitative estimate of drug-likeness (QED) is 0.505. The van der Waals surface area contributed by atoms with Crippen LogP contribution in [-0.4, -0.2) is 46.9 Å². The predicted molar refractivity (Wildman–Crippen MR) is 120 cm³/mol. The van der Waals surface area contributed by atoms with Gasteiger partial charge in [0.15, 0.2) is 11.4 Å². The number of pyridine rings is 1. The molecular weight excluding hydrogens is 414 g/mol. The first-order valence-electron chi connectivity index (χ1n) is 10.8. The molecule has 0 aliphatic carbocycles. The molecule has 1 atom stereocenters. The number of hydrogen-bond donors (Lipinski definition) is 1. The van der Waals surface area contributed by atoms with Crippen LogP contribution >= 0.6 is 0 Å². The van der Waals surface area contributed by atoms with Gasteiger partial charge in [0.05, 0.1) is 11.3 Å². The Morgan fingerprint density at radius 3 is 2.59 bits per heavy atom. The monoisotopic (exact) mass is 444 g/mol. The Balaban J connectivity index is 1.85. The molecule has 2 aromatic heterocycles. The molecule has 1 amide bonds. The summed E-state index contributed by atoms with van der Waals surface area (Å²) >= 11 is 0. The first-order chi connectivity index (χ1) is 15.3. The van der Waals surface area contributed by atoms with Crippen molar-refractivity contribution in [2.75, 3.05) is 20.6 Å². The van der Waals surface area contributed by atoms with Crippen molar-refractivity contribution in [2.45, 2.75) is 45.8 Å². The van der Waals surface area contributed by atoms with E-state index in [1.54, 1.807) is 29.7 Å². The van der Waals surface area contributed by atoms with E-state index in [2.05, 4.69) is 22.1 Å². The fourth-order valence-corrected chi connectivity index (χ4v) is 3.72. The standard InChI is InChI=1S/C24H30F2N4O2/c1-5-6-9-17(14-29(3)4)28-24(31)22-16(2)27-23-21(12-8-13-30(22)23)32-15-18-19(25)10-7-11-20(18)26/h7-8,10-13,17H,5-6,9,14-15H2,1-4H3,(H,28,31)/t17-/m1/s1. The van der Waals surface area contributed by atoms with Gasteiger partial charge in [0.2, 0.25) is 0 Å². The maximum absolute atomic E-state index is 13.9. The third-order valence-corrected chi connectivity index (χ3v) is 5.26. The van der Waals surface area contributed by atoms with Crippen molar-refractivity contribution in [3.05, 3.63) is 65.1 Å². The fourth-order valence-electron chi connectivity index (χ4n) is 3.72. The number of likely N-dealkylation sites (N-methyl/N-ethyl adjacent to an activating group) is 1. The summed E-state index contributed by atoms with van der Waals surface area (Å²) in [5, 5.41) is 3.13. The van der Waals surface area contributed by atoms with Crippen LogP contribution in [0.2, 0.25) is 0 Å². The SMILES string of the molecule is CCCC[C@H](CN(C)C)NC(=O)c1c(C)nc2c(OCc3c(F)cccc3F)cccn12. The van der Waals surface area contributed by atoms with Crippen LogP contribution in [-0.2, 0) is 6.61 Å². The smallest absolute Gasteiger partial charge is 0.270 e. The van der Waals surface area contributed by atoms with E-state index in [4.69, 9.17) is 4.74 Å². The van der Waals surface area contributed by atoms with E-state index in [0.717, 1.165) is 25.8 Å². The number of carbonyl (C=O) groups excluding carboxylic acids is 1. The van der Waals surface area contributed by atoms with Crippen molar-refractivity contribution < 1.29 is 18.3 Å². The number of benzene rings is 1. The number of carbonyl (C=O) groups is 1. The van der Waals surface area contributed by atoms with Crippen molar-refractivity contribution in [2.24, 2.45) is 0 Å². The van der Waals surface area contributed by atoms with Gasteiger partial charge in [-0.3, -0.25) is 9.20 Å². The number of nitrogens with zero attached hydrogens (tertiary/aromatic N) is 3. The zero-order valence-corrected chi connectivity index (χ0v) is 19.0. The Morgan fingerprint density at radius 2 is 1.94 bits per heavy atom. The number of amides is 1. The Morgan fingerprint density at radius 1 is 1.22 bits per heavy atom. The van der Waals surface area contributed by atoms with Crippen LogP contribution in [0.5, 0.6) is 5.75 Å². The lowest BCUT2D eigenvalue weighted by atomic mass is 10.1. The van der Waals surface area contributed by atoms with Gasteiger partial charge in [-0.25, -0.2) is 13.8 Å². The van der Waals surface area contributed by atoms with Gasteiger partial charge in [0.25, 0.3) is 5.91 Å². The van der Waals surface area contributed by atoms with Crippen LogP contribution in [0.4, 0.5) is 8.78 Å². The summed E-state index contributed by atoms with van der Waals surface area (Å²) in [7, 11) is 3.96. The minimum absolute atomic E-state index is 0.0193. The zero-order valence-electron chi connectivity index (χ0n) is 19.0. The maximum Gasteiger partial charge on any atom is 0.270 e. The molecule has 172 valence electrons. The van der Waals surface area contributed by atoms with Gasteiger partial charge in [-0.15, -0.1) is 0 Å². The van der Waals surface area contributed by atoms with Crippen LogP contribution in [0, 0.1) is 18.6 Å². The molecule has 3 rings (SSSR count). The lowest BCUT2D eigenvalue weighted by molar-refractivity contribution is 0.0920. The molecule has 6 nitrogen and oxygen atoms in total. The summed E-state index contributed by atoms with van der Waals surface area (Å²) in [5.74, 6) is -1.21. The summed E-state index contributed by atoms with van der Waals surface area (Å²) in [6, 6.07) is 7.08. The number of aryl methyl sites for hydroxylation is 1. The molecule has 0 saturated heterocycles. The second-order valence-corrected chi connectivity index (χ2v) is 8.18. The third-order valence-electron chi connectivity index (χ3n) is 5.26. The number of halogens is 2. The number of nitrogens with one attached hydrogen (secondary N) is 1. The average molecular weight is 445 g/mol. The van der Waals surface area contributed by atoms with Crippen LogP contribution in [0.15, 0.2) is 36.5 Å². The van der Waals surface area contributed by atoms with Gasteiger partial charge in [-0.2, -0.15) is 0 Å². The van der Waals surface area contributed by atoms with Gasteiger partial charge in [-0.05, 0) is 51.7 Å². The van der Waals surface area contributed by atoms with Crippen LogP contribution in [0.1, 0.15) is 47.9 Å². The molecule has 0 unspecified atom stereocenters. The molecule has 32 heavy (non-hydrogen) atoms. The molecular formula is C24H30F2N4O2. The van der Waals surface area contributed by atoms with Crippen LogP contribution < -0.4 is 10.1 Å². The third kappa shape index (κ3) is 5.43. The van der Waals surface area contributed by atoms with Gasteiger partial charge < -0.3 is 15.0 Å². The minimum atomic E-state index is -0.671. The first-order valence-corrected chi connectivity index (χ1v) is 10.8. The Labute approximate surface area is 187 Å². The molecule has 3 aromatic rings. The molecule has 0 aliphatic rings. The number of fused-ring (bicyclic) bond motifs is 1. The number of unbranched alkanes of at least 4 members (excludes halogenated alkanes) is 1. The molecule has 0 spiro atoms. The largest absolute Gasteiger partial charge is 0.485 e. The first kappa shape index (κ1) is 23.7. The highest BCUT2D eigenvalue weighted by Crippen LogP contribution is 2.24. The van der Waals surface area contributed by atoms with Crippen molar-refractivity contribution >= 4 is 11.6 Å². The molecule has 0 radical (unpaired) electrons. The molecule has 8 heteroatoms. The normalized spacial score (nSPS) is 12.3. The second-order valence-electron chi connectivity index (χ2n) is 8.18. The van der Waals surface area contributed by atoms with E-state index in [1.165, 1.54) is 18.2 Å². The minimum Gasteiger partial charge on any atom is -0.485 e. The highest BCUT2D eigenvalue weighted by molar-refractivity contribution is 5.95. The highest BCUT2D eigenvalue weighted by Gasteiger charge is 2.22. The Hall–Kier alpha value is -3.00. The molecule has 0 saturated carbocycles. The van der Waals surface area contributed by atoms with E-state index < -0.39 is 11.6 Å². The van der Waals surface area contributed by atoms with E-state index in [0.29, 0.717) is 22.8 Å². The second kappa shape index (κ2) is 10.5. The van der Waals surface area contributed by atoms with Crippen molar-refractivity contribution in [3.8, 4) is 5.75 Å². The van der Waals surface area contributed by atoms with E-state index in [1.807, 2.05) is 14.1 Å². The number of hydrogen-bond acceptors (Lipinski definition) is 4. The molecule has 2 heterocycles. The summed E-state index contributed by atoms with van der Waals surface area (Å²) in [6.07, 6.45) is 4.69. The van der Waals surface area contributed by atoms with Gasteiger partial charge in [0, 0.05) is 18.8 Å². The molecule has 0 aliphatic heterocycles. The van der Waals surface area contributed by atoms with Crippen molar-refractivity contribution in [1.82, 2.24) is 19.6 Å². The topological polar surface area (TPSA) is 58.9 Å². The van der Waals surface area contributed by atoms with E-state index in [-0.39, 0.29) is 24.1 Å². The van der Waals surface area contributed by atoms with Gasteiger partial charge in [-0.1, -0.05) is 25.8 Å². The Kier molecular flexibility index (Phi) is 7.80. The van der Waals surface area contributed by atoms with Gasteiger partial charge >= 0.3 is 0 Å². The van der Waals surface area contributed by atoms with Crippen molar-refractivity contribution in [3.63, 3.8) is 0 Å². The Bertz CT molecular complexity index is 1060.